The van der Waals surface area contributed by atoms with Gasteiger partial charge in [-0.3, -0.25) is 5.43 Å². The molecule has 0 bridgehead atoms. The van der Waals surface area contributed by atoms with Crippen LogP contribution in [0, 0.1) is 34.0 Å². The number of hydrazone groups is 1. The zero-order valence-electron chi connectivity index (χ0n) is 20.7. The molecule has 6 nitrogen and oxygen atoms in total. The highest BCUT2D eigenvalue weighted by molar-refractivity contribution is 8.17. The molecule has 0 aliphatic carbocycles. The van der Waals surface area contributed by atoms with Gasteiger partial charge in [0.1, 0.15) is 28.8 Å². The van der Waals surface area contributed by atoms with Crippen LogP contribution in [0.1, 0.15) is 11.1 Å². The molecule has 0 aliphatic rings. The topological polar surface area (TPSA) is 108 Å². The maximum Gasteiger partial charge on any atom is 0.138 e. The van der Waals surface area contributed by atoms with Crippen molar-refractivity contribution in [2.45, 2.75) is 0 Å². The number of thioether (sulfide) groups is 1. The van der Waals surface area contributed by atoms with Gasteiger partial charge in [0.25, 0.3) is 0 Å². The Morgan fingerprint density at radius 1 is 0.590 bits per heavy atom. The molecule has 4 rings (SSSR count). The number of anilines is 2. The second kappa shape index (κ2) is 13.7. The first-order chi connectivity index (χ1) is 19.2. The number of hydrogen-bond acceptors (Lipinski definition) is 7. The van der Waals surface area contributed by atoms with E-state index in [1.807, 2.05) is 109 Å². The molecule has 0 unspecified atom stereocenters. The monoisotopic (exact) mass is 522 g/mol. The van der Waals surface area contributed by atoms with E-state index in [0.717, 1.165) is 16.9 Å². The van der Waals surface area contributed by atoms with E-state index in [9.17, 15) is 15.8 Å². The quantitative estimate of drug-likeness (QED) is 0.0813. The third-order valence-electron chi connectivity index (χ3n) is 5.44. The van der Waals surface area contributed by atoms with Crippen LogP contribution in [0.3, 0.4) is 0 Å². The van der Waals surface area contributed by atoms with E-state index in [4.69, 9.17) is 0 Å². The lowest BCUT2D eigenvalue weighted by molar-refractivity contribution is 1.34. The highest BCUT2D eigenvalue weighted by Gasteiger charge is 2.22. The van der Waals surface area contributed by atoms with Gasteiger partial charge in [-0.05, 0) is 41.6 Å². The van der Waals surface area contributed by atoms with Gasteiger partial charge in [0.15, 0.2) is 0 Å². The molecule has 2 N–H and O–H groups in total. The van der Waals surface area contributed by atoms with Crippen molar-refractivity contribution in [2.24, 2.45) is 5.10 Å². The van der Waals surface area contributed by atoms with Crippen LogP contribution in [0.4, 0.5) is 11.4 Å². The average Bonchev–Trinajstić information content (AvgIpc) is 3.01. The normalized spacial score (nSPS) is 11.2. The van der Waals surface area contributed by atoms with E-state index >= 15 is 0 Å². The Kier molecular flexibility index (Phi) is 9.29. The number of allylic oxidation sites excluding steroid dienone is 3. The Balaban J connectivity index is 1.92. The number of nitrogens with zero attached hydrogens (tertiary/aromatic N) is 4. The second-order valence-electron chi connectivity index (χ2n) is 8.01. The Morgan fingerprint density at radius 2 is 1.08 bits per heavy atom. The molecule has 0 heterocycles. The predicted molar refractivity (Wildman–Crippen MR) is 158 cm³/mol. The summed E-state index contributed by atoms with van der Waals surface area (Å²) >= 11 is 1.23. The number of nitriles is 3. The fraction of sp³-hybridized carbons (Fsp3) is 0. The Bertz CT molecular complexity index is 1610. The average molecular weight is 523 g/mol. The summed E-state index contributed by atoms with van der Waals surface area (Å²) < 4.78 is 0. The smallest absolute Gasteiger partial charge is 0.138 e. The molecule has 4 aromatic carbocycles. The number of nitrogens with one attached hydrogen (secondary N) is 2. The second-order valence-corrected chi connectivity index (χ2v) is 9.01. The summed E-state index contributed by atoms with van der Waals surface area (Å²) in [4.78, 5) is 0. The van der Waals surface area contributed by atoms with Crippen molar-refractivity contribution in [3.8, 4) is 18.2 Å². The number of rotatable bonds is 8. The zero-order valence-corrected chi connectivity index (χ0v) is 21.6. The van der Waals surface area contributed by atoms with Crippen LogP contribution in [0.25, 0.3) is 5.57 Å². The Morgan fingerprint density at radius 3 is 1.59 bits per heavy atom. The Labute approximate surface area is 231 Å². The van der Waals surface area contributed by atoms with Crippen LogP contribution in [0.2, 0.25) is 0 Å². The van der Waals surface area contributed by atoms with Gasteiger partial charge in [0.05, 0.1) is 16.3 Å². The van der Waals surface area contributed by atoms with Crippen molar-refractivity contribution in [1.82, 2.24) is 0 Å². The van der Waals surface area contributed by atoms with E-state index < -0.39 is 0 Å². The maximum absolute atomic E-state index is 10.5. The van der Waals surface area contributed by atoms with Gasteiger partial charge >= 0.3 is 0 Å². The lowest BCUT2D eigenvalue weighted by Gasteiger charge is -2.17. The molecule has 0 saturated heterocycles. The minimum Gasteiger partial charge on any atom is -0.349 e. The summed E-state index contributed by atoms with van der Waals surface area (Å²) in [6.45, 7) is 0. The van der Waals surface area contributed by atoms with Crippen LogP contribution >= 0.6 is 11.8 Å². The standard InChI is InChI=1S/C32H22N6S/c33-21-26(22-34)30(24-13-5-1-6-14-24)29(23-35)32(36-27-17-9-3-10-18-27)39-31(25-15-7-2-8-16-25)38-37-28-19-11-4-12-20-28/h1-20,36-37H/b32-29+,38-31-. The van der Waals surface area contributed by atoms with Crippen molar-refractivity contribution < 1.29 is 0 Å². The predicted octanol–water partition coefficient (Wildman–Crippen LogP) is 7.54. The molecule has 0 aliphatic heterocycles. The number of benzene rings is 4. The molecule has 186 valence electrons. The first-order valence-corrected chi connectivity index (χ1v) is 12.7. The van der Waals surface area contributed by atoms with E-state index in [0.29, 0.717) is 15.6 Å². The number of hydrogen-bond donors (Lipinski definition) is 2. The van der Waals surface area contributed by atoms with Gasteiger partial charge in [-0.2, -0.15) is 20.9 Å². The summed E-state index contributed by atoms with van der Waals surface area (Å²) in [6, 6.07) is 43.7. The molecule has 0 spiro atoms. The van der Waals surface area contributed by atoms with Crippen molar-refractivity contribution in [1.29, 1.82) is 15.8 Å². The molecule has 0 radical (unpaired) electrons. The van der Waals surface area contributed by atoms with Crippen molar-refractivity contribution in [3.63, 3.8) is 0 Å². The van der Waals surface area contributed by atoms with E-state index in [1.54, 1.807) is 24.3 Å². The molecule has 0 saturated carbocycles. The van der Waals surface area contributed by atoms with E-state index in [1.165, 1.54) is 11.8 Å². The third kappa shape index (κ3) is 7.02. The van der Waals surface area contributed by atoms with Crippen molar-refractivity contribution in [3.05, 3.63) is 149 Å². The summed E-state index contributed by atoms with van der Waals surface area (Å²) in [5.41, 5.74) is 6.27. The maximum atomic E-state index is 10.5. The highest BCUT2D eigenvalue weighted by Crippen LogP contribution is 2.35. The summed E-state index contributed by atoms with van der Waals surface area (Å²) in [6.07, 6.45) is 0. The molecule has 0 aromatic heterocycles. The third-order valence-corrected chi connectivity index (χ3v) is 6.47. The molecular formula is C32H22N6S. The number of para-hydroxylation sites is 2. The minimum atomic E-state index is -0.161. The van der Waals surface area contributed by atoms with Gasteiger partial charge in [-0.15, -0.1) is 0 Å². The fourth-order valence-corrected chi connectivity index (χ4v) is 4.58. The van der Waals surface area contributed by atoms with Crippen LogP contribution < -0.4 is 10.7 Å². The van der Waals surface area contributed by atoms with Gasteiger partial charge < -0.3 is 5.32 Å². The summed E-state index contributed by atoms with van der Waals surface area (Å²) in [5, 5.41) is 39.1. The fourth-order valence-electron chi connectivity index (χ4n) is 3.62. The first kappa shape index (κ1) is 26.5. The van der Waals surface area contributed by atoms with Gasteiger partial charge in [0.2, 0.25) is 0 Å². The minimum absolute atomic E-state index is 0.150. The molecule has 4 aromatic rings. The van der Waals surface area contributed by atoms with Crippen LogP contribution in [0.5, 0.6) is 0 Å². The lowest BCUT2D eigenvalue weighted by Crippen LogP contribution is -2.08. The van der Waals surface area contributed by atoms with Gasteiger partial charge in [0, 0.05) is 16.8 Å². The van der Waals surface area contributed by atoms with Crippen LogP contribution in [-0.2, 0) is 0 Å². The van der Waals surface area contributed by atoms with E-state index in [-0.39, 0.29) is 16.7 Å². The molecule has 0 amide bonds. The molecule has 0 fully saturated rings. The van der Waals surface area contributed by atoms with Crippen LogP contribution in [0.15, 0.2) is 143 Å². The Hall–Kier alpha value is -5.55. The molecule has 0 atom stereocenters. The zero-order chi connectivity index (χ0) is 27.3. The molecule has 7 heteroatoms. The summed E-state index contributed by atoms with van der Waals surface area (Å²) in [5.74, 6) is 0. The van der Waals surface area contributed by atoms with Crippen molar-refractivity contribution >= 4 is 33.8 Å². The molecule has 39 heavy (non-hydrogen) atoms. The first-order valence-electron chi connectivity index (χ1n) is 11.9. The highest BCUT2D eigenvalue weighted by atomic mass is 32.2. The van der Waals surface area contributed by atoms with Crippen molar-refractivity contribution in [2.75, 3.05) is 10.7 Å². The van der Waals surface area contributed by atoms with Gasteiger partial charge in [-0.25, -0.2) is 0 Å². The molecular weight excluding hydrogens is 500 g/mol. The van der Waals surface area contributed by atoms with Crippen LogP contribution in [-0.4, -0.2) is 5.04 Å². The SMILES string of the molecule is N#CC(C#N)=C(/C(C#N)=C(\Nc1ccccc1)S/C(=N\Nc1ccccc1)c1ccccc1)c1ccccc1. The largest absolute Gasteiger partial charge is 0.349 e. The van der Waals surface area contributed by atoms with E-state index in [2.05, 4.69) is 21.9 Å². The summed E-state index contributed by atoms with van der Waals surface area (Å²) in [7, 11) is 0. The van der Waals surface area contributed by atoms with Gasteiger partial charge in [-0.1, -0.05) is 97.1 Å². The lowest BCUT2D eigenvalue weighted by atomic mass is 9.94.